The highest BCUT2D eigenvalue weighted by molar-refractivity contribution is 6.06. The monoisotopic (exact) mass is 296 g/mol. The number of aryl methyl sites for hydroxylation is 2. The first kappa shape index (κ1) is 14.1. The molecule has 0 aliphatic rings. The summed E-state index contributed by atoms with van der Waals surface area (Å²) in [5.74, 6) is -0.652. The molecule has 5 nitrogen and oxygen atoms in total. The summed E-state index contributed by atoms with van der Waals surface area (Å²) in [5.41, 5.74) is 3.43. The van der Waals surface area contributed by atoms with Crippen molar-refractivity contribution in [2.24, 2.45) is 7.05 Å². The van der Waals surface area contributed by atoms with Gasteiger partial charge in [-0.25, -0.2) is 4.79 Å². The molecule has 1 aromatic heterocycles. The fourth-order valence-electron chi connectivity index (χ4n) is 2.41. The molecule has 112 valence electrons. The molecule has 0 unspecified atom stereocenters. The first-order valence-electron chi connectivity index (χ1n) is 7.09. The van der Waals surface area contributed by atoms with Gasteiger partial charge in [0.2, 0.25) is 0 Å². The molecule has 1 amide bonds. The molecular weight excluding hydrogens is 280 g/mol. The molecule has 1 N–H and O–H groups in total. The van der Waals surface area contributed by atoms with Crippen molar-refractivity contribution in [3.63, 3.8) is 0 Å². The van der Waals surface area contributed by atoms with Crippen LogP contribution in [0.4, 0.5) is 5.69 Å². The Balaban J connectivity index is 1.95. The van der Waals surface area contributed by atoms with Crippen LogP contribution in [-0.4, -0.2) is 10.5 Å². The second-order valence-corrected chi connectivity index (χ2v) is 5.07. The number of hydrogen-bond donors (Lipinski definition) is 1. The number of fused-ring (bicyclic) bond motifs is 1. The molecule has 0 spiro atoms. The van der Waals surface area contributed by atoms with Gasteiger partial charge in [0, 0.05) is 18.3 Å². The summed E-state index contributed by atoms with van der Waals surface area (Å²) in [6, 6.07) is 12.6. The predicted molar refractivity (Wildman–Crippen MR) is 85.2 cm³/mol. The summed E-state index contributed by atoms with van der Waals surface area (Å²) >= 11 is 0. The van der Waals surface area contributed by atoms with Gasteiger partial charge in [-0.1, -0.05) is 25.1 Å². The minimum atomic E-state index is -0.441. The summed E-state index contributed by atoms with van der Waals surface area (Å²) < 4.78 is 6.44. The lowest BCUT2D eigenvalue weighted by Crippen LogP contribution is -2.13. The SMILES string of the molecule is CCc1ccccc1NC(=O)c1ccc2oc(=O)n(C)c2c1. The van der Waals surface area contributed by atoms with E-state index >= 15 is 0 Å². The fourth-order valence-corrected chi connectivity index (χ4v) is 2.41. The number of para-hydroxylation sites is 1. The summed E-state index contributed by atoms with van der Waals surface area (Å²) in [5, 5.41) is 2.91. The molecule has 5 heteroatoms. The normalized spacial score (nSPS) is 10.8. The Labute approximate surface area is 127 Å². The fraction of sp³-hybridized carbons (Fsp3) is 0.176. The van der Waals surface area contributed by atoms with Gasteiger partial charge in [-0.15, -0.1) is 0 Å². The Hall–Kier alpha value is -2.82. The summed E-state index contributed by atoms with van der Waals surface area (Å²) in [6.45, 7) is 2.04. The second-order valence-electron chi connectivity index (χ2n) is 5.07. The van der Waals surface area contributed by atoms with E-state index in [0.29, 0.717) is 16.7 Å². The van der Waals surface area contributed by atoms with E-state index in [1.807, 2.05) is 31.2 Å². The van der Waals surface area contributed by atoms with Crippen LogP contribution in [0.2, 0.25) is 0 Å². The van der Waals surface area contributed by atoms with Crippen LogP contribution >= 0.6 is 0 Å². The van der Waals surface area contributed by atoms with Crippen LogP contribution in [0.1, 0.15) is 22.8 Å². The third kappa shape index (κ3) is 2.41. The molecule has 0 saturated heterocycles. The molecule has 1 heterocycles. The summed E-state index contributed by atoms with van der Waals surface area (Å²) in [7, 11) is 1.61. The lowest BCUT2D eigenvalue weighted by molar-refractivity contribution is 0.102. The van der Waals surface area contributed by atoms with Gasteiger partial charge in [0.15, 0.2) is 5.58 Å². The largest absolute Gasteiger partial charge is 0.419 e. The Morgan fingerprint density at radius 2 is 2.00 bits per heavy atom. The van der Waals surface area contributed by atoms with Gasteiger partial charge >= 0.3 is 5.76 Å². The zero-order valence-electron chi connectivity index (χ0n) is 12.4. The molecule has 3 rings (SSSR count). The van der Waals surface area contributed by atoms with E-state index in [1.54, 1.807) is 25.2 Å². The number of aromatic nitrogens is 1. The van der Waals surface area contributed by atoms with Crippen LogP contribution in [0.5, 0.6) is 0 Å². The van der Waals surface area contributed by atoms with Crippen molar-refractivity contribution in [3.8, 4) is 0 Å². The third-order valence-electron chi connectivity index (χ3n) is 3.70. The number of carbonyl (C=O) groups excluding carboxylic acids is 1. The van der Waals surface area contributed by atoms with E-state index in [-0.39, 0.29) is 5.91 Å². The molecule has 0 bridgehead atoms. The van der Waals surface area contributed by atoms with E-state index in [4.69, 9.17) is 4.42 Å². The first-order chi connectivity index (χ1) is 10.6. The maximum atomic E-state index is 12.4. The van der Waals surface area contributed by atoms with Crippen molar-refractivity contribution in [3.05, 3.63) is 64.1 Å². The Kier molecular flexibility index (Phi) is 3.55. The minimum Gasteiger partial charge on any atom is -0.408 e. The summed E-state index contributed by atoms with van der Waals surface area (Å²) in [4.78, 5) is 23.9. The van der Waals surface area contributed by atoms with Crippen molar-refractivity contribution in [2.75, 3.05) is 5.32 Å². The van der Waals surface area contributed by atoms with Crippen molar-refractivity contribution in [1.82, 2.24) is 4.57 Å². The third-order valence-corrected chi connectivity index (χ3v) is 3.70. The molecule has 0 aliphatic heterocycles. The number of nitrogens with one attached hydrogen (secondary N) is 1. The molecular formula is C17H16N2O3. The molecule has 0 radical (unpaired) electrons. The number of oxazole rings is 1. The number of carbonyl (C=O) groups is 1. The van der Waals surface area contributed by atoms with Crippen LogP contribution < -0.4 is 11.1 Å². The van der Waals surface area contributed by atoms with Gasteiger partial charge in [-0.2, -0.15) is 0 Å². The van der Waals surface area contributed by atoms with Gasteiger partial charge in [0.1, 0.15) is 0 Å². The highest BCUT2D eigenvalue weighted by Crippen LogP contribution is 2.19. The number of nitrogens with zero attached hydrogens (tertiary/aromatic N) is 1. The quantitative estimate of drug-likeness (QED) is 0.808. The lowest BCUT2D eigenvalue weighted by atomic mass is 10.1. The topological polar surface area (TPSA) is 64.2 Å². The standard InChI is InChI=1S/C17H16N2O3/c1-3-11-6-4-5-7-13(11)18-16(20)12-8-9-15-14(10-12)19(2)17(21)22-15/h4-10H,3H2,1-2H3,(H,18,20). The van der Waals surface area contributed by atoms with Crippen LogP contribution in [0, 0.1) is 0 Å². The van der Waals surface area contributed by atoms with Crippen molar-refractivity contribution < 1.29 is 9.21 Å². The van der Waals surface area contributed by atoms with Gasteiger partial charge in [0.05, 0.1) is 5.52 Å². The molecule has 0 atom stereocenters. The highest BCUT2D eigenvalue weighted by atomic mass is 16.4. The van der Waals surface area contributed by atoms with Crippen LogP contribution in [-0.2, 0) is 13.5 Å². The molecule has 0 fully saturated rings. The Morgan fingerprint density at radius 1 is 1.23 bits per heavy atom. The van der Waals surface area contributed by atoms with Crippen molar-refractivity contribution in [1.29, 1.82) is 0 Å². The molecule has 0 saturated carbocycles. The van der Waals surface area contributed by atoms with Gasteiger partial charge in [0.25, 0.3) is 5.91 Å². The second kappa shape index (κ2) is 5.52. The lowest BCUT2D eigenvalue weighted by Gasteiger charge is -2.09. The van der Waals surface area contributed by atoms with Gasteiger partial charge in [-0.05, 0) is 36.2 Å². The van der Waals surface area contributed by atoms with Crippen LogP contribution in [0.15, 0.2) is 51.7 Å². The molecule has 3 aromatic rings. The van der Waals surface area contributed by atoms with E-state index in [2.05, 4.69) is 5.32 Å². The minimum absolute atomic E-state index is 0.212. The Morgan fingerprint density at radius 3 is 2.77 bits per heavy atom. The smallest absolute Gasteiger partial charge is 0.408 e. The average Bonchev–Trinajstić information content (AvgIpc) is 2.82. The van der Waals surface area contributed by atoms with Crippen molar-refractivity contribution >= 4 is 22.7 Å². The van der Waals surface area contributed by atoms with E-state index in [9.17, 15) is 9.59 Å². The zero-order chi connectivity index (χ0) is 15.7. The van der Waals surface area contributed by atoms with Gasteiger partial charge in [-0.3, -0.25) is 9.36 Å². The summed E-state index contributed by atoms with van der Waals surface area (Å²) in [6.07, 6.45) is 0.839. The van der Waals surface area contributed by atoms with E-state index in [0.717, 1.165) is 17.7 Å². The number of anilines is 1. The highest BCUT2D eigenvalue weighted by Gasteiger charge is 2.12. The van der Waals surface area contributed by atoms with Crippen LogP contribution in [0.25, 0.3) is 11.1 Å². The van der Waals surface area contributed by atoms with E-state index < -0.39 is 5.76 Å². The number of rotatable bonds is 3. The number of hydrogen-bond acceptors (Lipinski definition) is 3. The molecule has 22 heavy (non-hydrogen) atoms. The number of benzene rings is 2. The maximum Gasteiger partial charge on any atom is 0.419 e. The Bertz CT molecular complexity index is 906. The zero-order valence-corrected chi connectivity index (χ0v) is 12.4. The molecule has 2 aromatic carbocycles. The number of amides is 1. The van der Waals surface area contributed by atoms with Gasteiger partial charge < -0.3 is 9.73 Å². The first-order valence-corrected chi connectivity index (χ1v) is 7.09. The average molecular weight is 296 g/mol. The molecule has 0 aliphatic carbocycles. The van der Waals surface area contributed by atoms with E-state index in [1.165, 1.54) is 4.57 Å². The van der Waals surface area contributed by atoms with Crippen LogP contribution in [0.3, 0.4) is 0 Å². The maximum absolute atomic E-state index is 12.4. The predicted octanol–water partition coefficient (Wildman–Crippen LogP) is 2.95. The van der Waals surface area contributed by atoms with Crippen molar-refractivity contribution in [2.45, 2.75) is 13.3 Å².